The summed E-state index contributed by atoms with van der Waals surface area (Å²) in [6.07, 6.45) is 1.79. The maximum Gasteiger partial charge on any atom is 0.280 e. The molecule has 2 aromatic rings. The number of hydrogen-bond donors (Lipinski definition) is 2. The molecule has 1 aromatic heterocycles. The molecule has 0 aliphatic rings. The second-order valence-corrected chi connectivity index (χ2v) is 5.69. The van der Waals surface area contributed by atoms with E-state index >= 15 is 0 Å². The lowest BCUT2D eigenvalue weighted by atomic mass is 10.2. The molecule has 0 saturated carbocycles. The molecular formula is C13H12N4OS2. The summed E-state index contributed by atoms with van der Waals surface area (Å²) < 4.78 is 2.65. The summed E-state index contributed by atoms with van der Waals surface area (Å²) >= 11 is 2.66. The Morgan fingerprint density at radius 2 is 2.10 bits per heavy atom. The lowest BCUT2D eigenvalue weighted by molar-refractivity contribution is 0.0980. The summed E-state index contributed by atoms with van der Waals surface area (Å²) in [5.41, 5.74) is 1.86. The Morgan fingerprint density at radius 1 is 1.40 bits per heavy atom. The summed E-state index contributed by atoms with van der Waals surface area (Å²) in [6.45, 7) is 1.86. The first-order valence-electron chi connectivity index (χ1n) is 5.72. The smallest absolute Gasteiger partial charge is 0.280 e. The van der Waals surface area contributed by atoms with Gasteiger partial charge in [0.05, 0.1) is 11.6 Å². The fourth-order valence-electron chi connectivity index (χ4n) is 1.55. The van der Waals surface area contributed by atoms with E-state index in [9.17, 15) is 4.79 Å². The predicted octanol–water partition coefficient (Wildman–Crippen LogP) is 3.07. The number of aromatic nitrogens is 1. The fourth-order valence-corrected chi connectivity index (χ4v) is 2.67. The van der Waals surface area contributed by atoms with Crippen molar-refractivity contribution in [2.24, 2.45) is 0 Å². The number of anilines is 2. The number of nitrogens with one attached hydrogen (secondary N) is 2. The number of nitriles is 1. The van der Waals surface area contributed by atoms with Gasteiger partial charge >= 0.3 is 0 Å². The molecule has 0 fully saturated rings. The lowest BCUT2D eigenvalue weighted by Gasteiger charge is -2.01. The van der Waals surface area contributed by atoms with Crippen molar-refractivity contribution in [1.29, 1.82) is 5.26 Å². The van der Waals surface area contributed by atoms with Crippen LogP contribution in [0.5, 0.6) is 0 Å². The molecule has 5 nitrogen and oxygen atoms in total. The first-order chi connectivity index (χ1) is 9.63. The van der Waals surface area contributed by atoms with Gasteiger partial charge in [-0.2, -0.15) is 5.26 Å². The van der Waals surface area contributed by atoms with E-state index in [0.717, 1.165) is 10.6 Å². The van der Waals surface area contributed by atoms with Crippen molar-refractivity contribution in [3.63, 3.8) is 0 Å². The van der Waals surface area contributed by atoms with E-state index in [1.54, 1.807) is 30.5 Å². The van der Waals surface area contributed by atoms with Gasteiger partial charge in [-0.05, 0) is 31.2 Å². The quantitative estimate of drug-likeness (QED) is 0.849. The van der Waals surface area contributed by atoms with Crippen LogP contribution in [0, 0.1) is 18.3 Å². The number of thiazole rings is 1. The number of rotatable bonds is 4. The zero-order chi connectivity index (χ0) is 14.5. The van der Waals surface area contributed by atoms with Crippen LogP contribution in [-0.4, -0.2) is 17.1 Å². The average Bonchev–Trinajstić information content (AvgIpc) is 2.81. The topological polar surface area (TPSA) is 77.8 Å². The van der Waals surface area contributed by atoms with Gasteiger partial charge in [0.25, 0.3) is 5.91 Å². The van der Waals surface area contributed by atoms with Crippen LogP contribution >= 0.6 is 23.3 Å². The zero-order valence-electron chi connectivity index (χ0n) is 10.9. The molecule has 1 amide bonds. The van der Waals surface area contributed by atoms with Gasteiger partial charge < -0.3 is 5.32 Å². The summed E-state index contributed by atoms with van der Waals surface area (Å²) in [7, 11) is 0. The number of aryl methyl sites for hydroxylation is 1. The molecule has 0 aliphatic carbocycles. The standard InChI is InChI=1S/C13H12N4OS2/c1-8-11(12(18)17-19-2)16-13(20-8)15-10-5-3-9(7-14)4-6-10/h3-6H,1-2H3,(H,15,16)(H,17,18). The Hall–Kier alpha value is -2.04. The van der Waals surface area contributed by atoms with Crippen molar-refractivity contribution in [2.75, 3.05) is 11.6 Å². The van der Waals surface area contributed by atoms with Gasteiger partial charge in [-0.15, -0.1) is 11.3 Å². The Bertz CT molecular complexity index is 658. The fraction of sp³-hybridized carbons (Fsp3) is 0.154. The van der Waals surface area contributed by atoms with Crippen molar-refractivity contribution < 1.29 is 4.79 Å². The Morgan fingerprint density at radius 3 is 2.70 bits per heavy atom. The van der Waals surface area contributed by atoms with Gasteiger partial charge in [-0.1, -0.05) is 11.9 Å². The van der Waals surface area contributed by atoms with Crippen molar-refractivity contribution in [2.45, 2.75) is 6.92 Å². The molecule has 102 valence electrons. The first kappa shape index (κ1) is 14.4. The second-order valence-electron chi connectivity index (χ2n) is 3.87. The largest absolute Gasteiger partial charge is 0.332 e. The van der Waals surface area contributed by atoms with Crippen LogP contribution in [0.2, 0.25) is 0 Å². The molecule has 1 aromatic carbocycles. The van der Waals surface area contributed by atoms with E-state index in [1.165, 1.54) is 23.3 Å². The Labute approximate surface area is 125 Å². The van der Waals surface area contributed by atoms with Crippen LogP contribution in [0.4, 0.5) is 10.8 Å². The highest BCUT2D eigenvalue weighted by Crippen LogP contribution is 2.25. The van der Waals surface area contributed by atoms with Gasteiger partial charge in [0, 0.05) is 16.8 Å². The minimum atomic E-state index is -0.195. The van der Waals surface area contributed by atoms with Crippen LogP contribution in [0.15, 0.2) is 24.3 Å². The van der Waals surface area contributed by atoms with Crippen LogP contribution in [-0.2, 0) is 0 Å². The van der Waals surface area contributed by atoms with Crippen molar-refractivity contribution >= 4 is 40.0 Å². The van der Waals surface area contributed by atoms with Crippen LogP contribution < -0.4 is 10.0 Å². The van der Waals surface area contributed by atoms with E-state index in [4.69, 9.17) is 5.26 Å². The maximum absolute atomic E-state index is 11.8. The second kappa shape index (κ2) is 6.41. The van der Waals surface area contributed by atoms with Crippen molar-refractivity contribution in [3.8, 4) is 6.07 Å². The molecule has 0 atom stereocenters. The van der Waals surface area contributed by atoms with Crippen molar-refractivity contribution in [1.82, 2.24) is 9.71 Å². The Kier molecular flexibility index (Phi) is 4.61. The van der Waals surface area contributed by atoms with E-state index in [0.29, 0.717) is 16.4 Å². The molecule has 0 bridgehead atoms. The normalized spacial score (nSPS) is 9.85. The molecule has 0 aliphatic heterocycles. The molecule has 7 heteroatoms. The van der Waals surface area contributed by atoms with E-state index in [-0.39, 0.29) is 5.91 Å². The third kappa shape index (κ3) is 3.29. The number of carbonyl (C=O) groups is 1. The minimum absolute atomic E-state index is 0.195. The van der Waals surface area contributed by atoms with Gasteiger partial charge in [0.1, 0.15) is 5.69 Å². The van der Waals surface area contributed by atoms with Crippen LogP contribution in [0.3, 0.4) is 0 Å². The molecule has 0 saturated heterocycles. The highest BCUT2D eigenvalue weighted by molar-refractivity contribution is 7.97. The zero-order valence-corrected chi connectivity index (χ0v) is 12.6. The Balaban J connectivity index is 2.15. The number of nitrogens with zero attached hydrogens (tertiary/aromatic N) is 2. The highest BCUT2D eigenvalue weighted by Gasteiger charge is 2.14. The van der Waals surface area contributed by atoms with E-state index < -0.39 is 0 Å². The molecular weight excluding hydrogens is 292 g/mol. The molecule has 2 rings (SSSR count). The van der Waals surface area contributed by atoms with Gasteiger partial charge in [0.15, 0.2) is 5.13 Å². The van der Waals surface area contributed by atoms with E-state index in [1.807, 2.05) is 6.92 Å². The molecule has 2 N–H and O–H groups in total. The van der Waals surface area contributed by atoms with Crippen LogP contribution in [0.1, 0.15) is 20.9 Å². The predicted molar refractivity (Wildman–Crippen MR) is 82.3 cm³/mol. The highest BCUT2D eigenvalue weighted by atomic mass is 32.2. The summed E-state index contributed by atoms with van der Waals surface area (Å²) in [4.78, 5) is 16.9. The maximum atomic E-state index is 11.8. The van der Waals surface area contributed by atoms with E-state index in [2.05, 4.69) is 21.1 Å². The number of benzene rings is 1. The number of amides is 1. The third-order valence-corrected chi connectivity index (χ3v) is 3.75. The summed E-state index contributed by atoms with van der Waals surface area (Å²) in [5, 5.41) is 12.5. The lowest BCUT2D eigenvalue weighted by Crippen LogP contribution is -2.16. The number of carbonyl (C=O) groups excluding carboxylic acids is 1. The molecule has 0 radical (unpaired) electrons. The first-order valence-corrected chi connectivity index (χ1v) is 7.76. The summed E-state index contributed by atoms with van der Waals surface area (Å²) in [6, 6.07) is 9.12. The van der Waals surface area contributed by atoms with Crippen LogP contribution in [0.25, 0.3) is 0 Å². The van der Waals surface area contributed by atoms with Gasteiger partial charge in [-0.3, -0.25) is 9.52 Å². The number of hydrogen-bond acceptors (Lipinski definition) is 6. The molecule has 20 heavy (non-hydrogen) atoms. The SMILES string of the molecule is CSNC(=O)c1nc(Nc2ccc(C#N)cc2)sc1C. The molecule has 1 heterocycles. The molecule has 0 spiro atoms. The van der Waals surface area contributed by atoms with Gasteiger partial charge in [0.2, 0.25) is 0 Å². The summed E-state index contributed by atoms with van der Waals surface area (Å²) in [5.74, 6) is -0.195. The minimum Gasteiger partial charge on any atom is -0.332 e. The van der Waals surface area contributed by atoms with Gasteiger partial charge in [-0.25, -0.2) is 4.98 Å². The third-order valence-electron chi connectivity index (χ3n) is 2.47. The average molecular weight is 304 g/mol. The molecule has 0 unspecified atom stereocenters. The monoisotopic (exact) mass is 304 g/mol. The van der Waals surface area contributed by atoms with Crippen molar-refractivity contribution in [3.05, 3.63) is 40.4 Å².